The Morgan fingerprint density at radius 1 is 1.05 bits per heavy atom. The molecule has 0 heterocycles. The van der Waals surface area contributed by atoms with E-state index in [0.29, 0.717) is 11.8 Å². The molecule has 0 aliphatic rings. The van der Waals surface area contributed by atoms with E-state index in [1.807, 2.05) is 6.92 Å². The fourth-order valence-electron chi connectivity index (χ4n) is 2.20. The zero-order valence-electron chi connectivity index (χ0n) is 15.1. The van der Waals surface area contributed by atoms with Gasteiger partial charge in [0.25, 0.3) is 0 Å². The van der Waals surface area contributed by atoms with Crippen molar-refractivity contribution in [3.05, 3.63) is 47.0 Å². The van der Waals surface area contributed by atoms with Crippen LogP contribution in [0.25, 0.3) is 0 Å². The lowest BCUT2D eigenvalue weighted by molar-refractivity contribution is 0.573. The molecule has 1 aromatic carbocycles. The molecule has 20 heavy (non-hydrogen) atoms. The van der Waals surface area contributed by atoms with Gasteiger partial charge in [-0.25, -0.2) is 0 Å². The van der Waals surface area contributed by atoms with E-state index >= 15 is 0 Å². The highest BCUT2D eigenvalue weighted by Gasteiger charge is 2.20. The maximum atomic E-state index is 3.75. The molecule has 0 nitrogen and oxygen atoms in total. The van der Waals surface area contributed by atoms with Crippen LogP contribution >= 0.6 is 0 Å². The second-order valence-electron chi connectivity index (χ2n) is 7.44. The molecule has 0 heteroatoms. The van der Waals surface area contributed by atoms with E-state index in [0.717, 1.165) is 0 Å². The van der Waals surface area contributed by atoms with Crippen molar-refractivity contribution in [1.82, 2.24) is 0 Å². The van der Waals surface area contributed by atoms with Gasteiger partial charge in [0.2, 0.25) is 0 Å². The van der Waals surface area contributed by atoms with E-state index in [9.17, 15) is 0 Å². The van der Waals surface area contributed by atoms with Crippen LogP contribution in [0.1, 0.15) is 78.0 Å². The summed E-state index contributed by atoms with van der Waals surface area (Å²) in [6.07, 6.45) is 0. The van der Waals surface area contributed by atoms with Gasteiger partial charge in [0.1, 0.15) is 0 Å². The predicted molar refractivity (Wildman–Crippen MR) is 93.6 cm³/mol. The zero-order chi connectivity index (χ0) is 16.1. The smallest absolute Gasteiger partial charge is 0.0126 e. The Balaban J connectivity index is 0.000000511. The molecule has 114 valence electrons. The zero-order valence-corrected chi connectivity index (χ0v) is 15.1. The summed E-state index contributed by atoms with van der Waals surface area (Å²) in [7, 11) is 0. The normalized spacial score (nSPS) is 11.3. The highest BCUT2D eigenvalue weighted by Crippen LogP contribution is 2.32. The van der Waals surface area contributed by atoms with Gasteiger partial charge in [-0.2, -0.15) is 0 Å². The van der Waals surface area contributed by atoms with Gasteiger partial charge in [-0.1, -0.05) is 78.8 Å². The number of benzene rings is 1. The van der Waals surface area contributed by atoms with Crippen LogP contribution < -0.4 is 0 Å². The van der Waals surface area contributed by atoms with Crippen LogP contribution in [-0.2, 0) is 5.41 Å². The summed E-state index contributed by atoms with van der Waals surface area (Å²) in [5.74, 6) is 1.27. The predicted octanol–water partition coefficient (Wildman–Crippen LogP) is 6.63. The molecule has 1 rings (SSSR count). The van der Waals surface area contributed by atoms with Gasteiger partial charge in [-0.05, 0) is 47.8 Å². The highest BCUT2D eigenvalue weighted by atomic mass is 14.3. The van der Waals surface area contributed by atoms with Crippen molar-refractivity contribution in [3.63, 3.8) is 0 Å². The third-order valence-corrected chi connectivity index (χ3v) is 3.66. The van der Waals surface area contributed by atoms with Crippen LogP contribution in [0.3, 0.4) is 0 Å². The number of aryl methyl sites for hydroxylation is 1. The number of hydrogen-bond donors (Lipinski definition) is 0. The van der Waals surface area contributed by atoms with Gasteiger partial charge in [-0.3, -0.25) is 0 Å². The molecule has 0 unspecified atom stereocenters. The third-order valence-electron chi connectivity index (χ3n) is 3.66. The molecule has 0 radical (unpaired) electrons. The molecule has 0 aromatic heterocycles. The molecule has 0 aliphatic heterocycles. The maximum Gasteiger partial charge on any atom is -0.0126 e. The van der Waals surface area contributed by atoms with Crippen molar-refractivity contribution in [1.29, 1.82) is 0 Å². The lowest BCUT2D eigenvalue weighted by Gasteiger charge is -2.27. The van der Waals surface area contributed by atoms with Gasteiger partial charge in [0.05, 0.1) is 0 Å². The second-order valence-corrected chi connectivity index (χ2v) is 7.44. The molecule has 0 saturated carbocycles. The molecule has 0 saturated heterocycles. The lowest BCUT2D eigenvalue weighted by Crippen LogP contribution is -2.16. The minimum atomic E-state index is 0.255. The molecule has 0 aliphatic carbocycles. The first-order valence-electron chi connectivity index (χ1n) is 7.73. The van der Waals surface area contributed by atoms with Crippen LogP contribution in [0.15, 0.2) is 30.4 Å². The molecule has 0 amide bonds. The standard InChI is InChI=1S/C14H22.C6H12/c1-10(2)12-9-7-8-11(3)13(12)14(4,5)6;1-5(2)6(3)4/h7-10H,1-6H3;6H,1H2,2-4H3. The number of allylic oxidation sites excluding steroid dienone is 1. The van der Waals surface area contributed by atoms with E-state index in [2.05, 4.69) is 80.2 Å². The van der Waals surface area contributed by atoms with E-state index in [-0.39, 0.29) is 5.41 Å². The van der Waals surface area contributed by atoms with Crippen molar-refractivity contribution in [2.75, 3.05) is 0 Å². The molecular weight excluding hydrogens is 240 g/mol. The third kappa shape index (κ3) is 5.94. The molecule has 0 N–H and O–H groups in total. The Labute approximate surface area is 127 Å². The SMILES string of the molecule is C=C(C)C(C)C.Cc1cccc(C(C)C)c1C(C)(C)C. The topological polar surface area (TPSA) is 0 Å². The molecule has 0 spiro atoms. The maximum absolute atomic E-state index is 3.75. The van der Waals surface area contributed by atoms with Crippen molar-refractivity contribution < 1.29 is 0 Å². The first-order valence-corrected chi connectivity index (χ1v) is 7.73. The van der Waals surface area contributed by atoms with E-state index in [4.69, 9.17) is 0 Å². The fourth-order valence-corrected chi connectivity index (χ4v) is 2.20. The Bertz CT molecular complexity index is 428. The quantitative estimate of drug-likeness (QED) is 0.531. The second kappa shape index (κ2) is 7.67. The summed E-state index contributed by atoms with van der Waals surface area (Å²) < 4.78 is 0. The molecule has 0 bridgehead atoms. The van der Waals surface area contributed by atoms with Gasteiger partial charge in [0.15, 0.2) is 0 Å². The Morgan fingerprint density at radius 2 is 1.50 bits per heavy atom. The first kappa shape index (κ1) is 19.0. The summed E-state index contributed by atoms with van der Waals surface area (Å²) in [5.41, 5.74) is 5.96. The number of hydrogen-bond acceptors (Lipinski definition) is 0. The average molecular weight is 274 g/mol. The molecular formula is C20H34. The summed E-state index contributed by atoms with van der Waals surface area (Å²) in [5, 5.41) is 0. The van der Waals surface area contributed by atoms with Gasteiger partial charge >= 0.3 is 0 Å². The van der Waals surface area contributed by atoms with Crippen molar-refractivity contribution in [3.8, 4) is 0 Å². The van der Waals surface area contributed by atoms with E-state index in [1.165, 1.54) is 22.3 Å². The molecule has 0 atom stereocenters. The summed E-state index contributed by atoms with van der Waals surface area (Å²) in [6, 6.07) is 6.64. The highest BCUT2D eigenvalue weighted by molar-refractivity contribution is 5.41. The fraction of sp³-hybridized carbons (Fsp3) is 0.600. The molecule has 0 fully saturated rings. The Kier molecular flexibility index (Phi) is 7.27. The van der Waals surface area contributed by atoms with Crippen LogP contribution in [-0.4, -0.2) is 0 Å². The largest absolute Gasteiger partial charge is 0.0999 e. The minimum Gasteiger partial charge on any atom is -0.0999 e. The van der Waals surface area contributed by atoms with Crippen molar-refractivity contribution >= 4 is 0 Å². The first-order chi connectivity index (χ1) is 8.98. The van der Waals surface area contributed by atoms with Crippen LogP contribution in [0.4, 0.5) is 0 Å². The summed E-state index contributed by atoms with van der Waals surface area (Å²) in [4.78, 5) is 0. The van der Waals surface area contributed by atoms with Crippen LogP contribution in [0, 0.1) is 12.8 Å². The van der Waals surface area contributed by atoms with E-state index < -0.39 is 0 Å². The van der Waals surface area contributed by atoms with Crippen LogP contribution in [0.2, 0.25) is 0 Å². The summed E-state index contributed by atoms with van der Waals surface area (Å²) in [6.45, 7) is 23.7. The van der Waals surface area contributed by atoms with Gasteiger partial charge < -0.3 is 0 Å². The van der Waals surface area contributed by atoms with Gasteiger partial charge in [-0.15, -0.1) is 0 Å². The Hall–Kier alpha value is -1.04. The lowest BCUT2D eigenvalue weighted by atomic mass is 9.78. The Morgan fingerprint density at radius 3 is 1.75 bits per heavy atom. The average Bonchev–Trinajstić information content (AvgIpc) is 2.27. The summed E-state index contributed by atoms with van der Waals surface area (Å²) >= 11 is 0. The molecule has 1 aromatic rings. The minimum absolute atomic E-state index is 0.255. The van der Waals surface area contributed by atoms with Gasteiger partial charge in [0, 0.05) is 0 Å². The van der Waals surface area contributed by atoms with Crippen molar-refractivity contribution in [2.45, 2.75) is 73.6 Å². The van der Waals surface area contributed by atoms with Crippen LogP contribution in [0.5, 0.6) is 0 Å². The van der Waals surface area contributed by atoms with Crippen molar-refractivity contribution in [2.24, 2.45) is 5.92 Å². The number of rotatable bonds is 2. The monoisotopic (exact) mass is 274 g/mol. The van der Waals surface area contributed by atoms with E-state index in [1.54, 1.807) is 0 Å².